The number of carboxylic acids is 1. The molecule has 1 amide bonds. The van der Waals surface area contributed by atoms with Gasteiger partial charge < -0.3 is 10.0 Å². The van der Waals surface area contributed by atoms with Gasteiger partial charge in [0.15, 0.2) is 0 Å². The first-order valence-electron chi connectivity index (χ1n) is 6.67. The second-order valence-electron chi connectivity index (χ2n) is 4.55. The zero-order valence-electron chi connectivity index (χ0n) is 11.9. The van der Waals surface area contributed by atoms with E-state index in [1.807, 2.05) is 0 Å². The van der Waals surface area contributed by atoms with E-state index in [-0.39, 0.29) is 11.6 Å². The minimum absolute atomic E-state index is 0.188. The zero-order chi connectivity index (χ0) is 15.0. The summed E-state index contributed by atoms with van der Waals surface area (Å²) in [6.07, 6.45) is 7.05. The van der Waals surface area contributed by atoms with Crippen LogP contribution in [0.3, 0.4) is 0 Å². The van der Waals surface area contributed by atoms with Gasteiger partial charge in [0.25, 0.3) is 5.91 Å². The third-order valence-electron chi connectivity index (χ3n) is 2.89. The van der Waals surface area contributed by atoms with Crippen LogP contribution in [0.1, 0.15) is 42.2 Å². The van der Waals surface area contributed by atoms with Crippen molar-refractivity contribution in [3.63, 3.8) is 0 Å². The van der Waals surface area contributed by atoms with Crippen molar-refractivity contribution < 1.29 is 14.7 Å². The van der Waals surface area contributed by atoms with E-state index in [1.165, 1.54) is 12.3 Å². The van der Waals surface area contributed by atoms with Gasteiger partial charge in [-0.25, -0.2) is 4.79 Å². The minimum atomic E-state index is -1.05. The predicted molar refractivity (Wildman–Crippen MR) is 77.4 cm³/mol. The van der Waals surface area contributed by atoms with Crippen LogP contribution in [0.5, 0.6) is 0 Å². The van der Waals surface area contributed by atoms with E-state index >= 15 is 0 Å². The number of unbranched alkanes of at least 4 members (excludes halogenated alkanes) is 2. The summed E-state index contributed by atoms with van der Waals surface area (Å²) >= 11 is 0. The van der Waals surface area contributed by atoms with Crippen molar-refractivity contribution in [2.75, 3.05) is 13.6 Å². The van der Waals surface area contributed by atoms with Crippen molar-refractivity contribution >= 4 is 18.0 Å². The van der Waals surface area contributed by atoms with Crippen LogP contribution in [0.15, 0.2) is 24.4 Å². The molecule has 5 heteroatoms. The lowest BCUT2D eigenvalue weighted by Gasteiger charge is -2.17. The van der Waals surface area contributed by atoms with Gasteiger partial charge in [-0.1, -0.05) is 25.8 Å². The van der Waals surface area contributed by atoms with Crippen LogP contribution >= 0.6 is 0 Å². The van der Waals surface area contributed by atoms with Gasteiger partial charge in [-0.05, 0) is 18.6 Å². The highest BCUT2D eigenvalue weighted by Gasteiger charge is 2.15. The molecular weight excluding hydrogens is 256 g/mol. The number of nitrogens with zero attached hydrogens (tertiary/aromatic N) is 2. The van der Waals surface area contributed by atoms with Gasteiger partial charge in [0.2, 0.25) is 0 Å². The molecule has 0 aromatic carbocycles. The van der Waals surface area contributed by atoms with Crippen molar-refractivity contribution in [2.45, 2.75) is 26.2 Å². The lowest BCUT2D eigenvalue weighted by Crippen LogP contribution is -2.29. The van der Waals surface area contributed by atoms with Gasteiger partial charge in [-0.3, -0.25) is 9.78 Å². The number of amides is 1. The summed E-state index contributed by atoms with van der Waals surface area (Å²) < 4.78 is 0. The second-order valence-corrected chi connectivity index (χ2v) is 4.55. The Hall–Kier alpha value is -2.17. The van der Waals surface area contributed by atoms with Crippen LogP contribution in [-0.2, 0) is 4.79 Å². The third kappa shape index (κ3) is 4.84. The maximum atomic E-state index is 12.3. The number of carbonyl (C=O) groups excluding carboxylic acids is 1. The molecule has 5 nitrogen and oxygen atoms in total. The highest BCUT2D eigenvalue weighted by atomic mass is 16.4. The lowest BCUT2D eigenvalue weighted by molar-refractivity contribution is -0.131. The molecule has 1 rings (SSSR count). The average molecular weight is 276 g/mol. The van der Waals surface area contributed by atoms with E-state index in [0.717, 1.165) is 25.3 Å². The van der Waals surface area contributed by atoms with Crippen LogP contribution in [0, 0.1) is 0 Å². The summed E-state index contributed by atoms with van der Waals surface area (Å²) in [5, 5.41) is 8.65. The van der Waals surface area contributed by atoms with Crippen LogP contribution < -0.4 is 0 Å². The monoisotopic (exact) mass is 276 g/mol. The molecule has 0 unspecified atom stereocenters. The molecule has 20 heavy (non-hydrogen) atoms. The zero-order valence-corrected chi connectivity index (χ0v) is 11.9. The summed E-state index contributed by atoms with van der Waals surface area (Å²) in [6, 6.07) is 3.36. The van der Waals surface area contributed by atoms with Crippen molar-refractivity contribution in [3.05, 3.63) is 35.7 Å². The number of aliphatic carboxylic acids is 1. The first-order valence-corrected chi connectivity index (χ1v) is 6.67. The number of pyridine rings is 1. The molecule has 0 aliphatic rings. The number of aromatic nitrogens is 1. The maximum absolute atomic E-state index is 12.3. The molecule has 1 aromatic heterocycles. The summed E-state index contributed by atoms with van der Waals surface area (Å²) in [4.78, 5) is 28.5. The fraction of sp³-hybridized carbons (Fsp3) is 0.400. The van der Waals surface area contributed by atoms with Crippen molar-refractivity contribution in [2.24, 2.45) is 0 Å². The van der Waals surface area contributed by atoms with E-state index in [9.17, 15) is 9.59 Å². The van der Waals surface area contributed by atoms with Crippen LogP contribution in [-0.4, -0.2) is 40.5 Å². The Morgan fingerprint density at radius 2 is 2.15 bits per heavy atom. The fourth-order valence-corrected chi connectivity index (χ4v) is 1.77. The van der Waals surface area contributed by atoms with Crippen molar-refractivity contribution in [1.82, 2.24) is 9.88 Å². The number of rotatable bonds is 7. The first kappa shape index (κ1) is 15.9. The molecule has 0 atom stereocenters. The minimum Gasteiger partial charge on any atom is -0.478 e. The van der Waals surface area contributed by atoms with Crippen LogP contribution in [0.4, 0.5) is 0 Å². The van der Waals surface area contributed by atoms with Gasteiger partial charge in [0.05, 0.1) is 0 Å². The van der Waals surface area contributed by atoms with Crippen molar-refractivity contribution in [3.8, 4) is 0 Å². The Bertz CT molecular complexity index is 498. The highest BCUT2D eigenvalue weighted by molar-refractivity contribution is 5.97. The molecule has 0 bridgehead atoms. The first-order chi connectivity index (χ1) is 9.56. The van der Waals surface area contributed by atoms with E-state index in [4.69, 9.17) is 5.11 Å². The summed E-state index contributed by atoms with van der Waals surface area (Å²) in [6.45, 7) is 2.78. The second kappa shape index (κ2) is 8.09. The smallest absolute Gasteiger partial charge is 0.328 e. The average Bonchev–Trinajstić information content (AvgIpc) is 2.44. The Morgan fingerprint density at radius 1 is 1.40 bits per heavy atom. The molecule has 0 spiro atoms. The quantitative estimate of drug-likeness (QED) is 0.613. The Kier molecular flexibility index (Phi) is 6.43. The molecule has 108 valence electrons. The SMILES string of the molecule is CCCCCN(C)C(=O)c1ncccc1/C=C/C(=O)O. The fourth-order valence-electron chi connectivity index (χ4n) is 1.77. The molecule has 0 fully saturated rings. The maximum Gasteiger partial charge on any atom is 0.328 e. The molecule has 1 N–H and O–H groups in total. The van der Waals surface area contributed by atoms with Gasteiger partial charge >= 0.3 is 5.97 Å². The number of hydrogen-bond donors (Lipinski definition) is 1. The summed E-state index contributed by atoms with van der Waals surface area (Å²) in [5.74, 6) is -1.24. The summed E-state index contributed by atoms with van der Waals surface area (Å²) in [7, 11) is 1.73. The van der Waals surface area contributed by atoms with E-state index in [1.54, 1.807) is 24.1 Å². The van der Waals surface area contributed by atoms with E-state index in [2.05, 4.69) is 11.9 Å². The molecule has 0 aliphatic heterocycles. The number of carbonyl (C=O) groups is 2. The van der Waals surface area contributed by atoms with Gasteiger partial charge in [-0.15, -0.1) is 0 Å². The largest absolute Gasteiger partial charge is 0.478 e. The number of carboxylic acid groups (broad SMARTS) is 1. The highest BCUT2D eigenvalue weighted by Crippen LogP contribution is 2.11. The molecule has 0 saturated carbocycles. The molecule has 1 heterocycles. The molecule has 0 radical (unpaired) electrons. The molecule has 0 aliphatic carbocycles. The van der Waals surface area contributed by atoms with E-state index < -0.39 is 5.97 Å². The molecule has 0 saturated heterocycles. The normalized spacial score (nSPS) is 10.7. The molecule has 1 aromatic rings. The third-order valence-corrected chi connectivity index (χ3v) is 2.89. The van der Waals surface area contributed by atoms with Gasteiger partial charge in [0, 0.05) is 31.4 Å². The summed E-state index contributed by atoms with van der Waals surface area (Å²) in [5.41, 5.74) is 0.797. The van der Waals surface area contributed by atoms with Crippen molar-refractivity contribution in [1.29, 1.82) is 0 Å². The topological polar surface area (TPSA) is 70.5 Å². The Labute approximate surface area is 118 Å². The predicted octanol–water partition coefficient (Wildman–Crippen LogP) is 2.44. The lowest BCUT2D eigenvalue weighted by atomic mass is 10.1. The van der Waals surface area contributed by atoms with Gasteiger partial charge in [-0.2, -0.15) is 0 Å². The molecular formula is C15H20N2O3. The van der Waals surface area contributed by atoms with Crippen LogP contribution in [0.25, 0.3) is 6.08 Å². The standard InChI is InChI=1S/C15H20N2O3/c1-3-4-5-11-17(2)15(20)14-12(7-6-10-16-14)8-9-13(18)19/h6-10H,3-5,11H2,1-2H3,(H,18,19)/b9-8+. The Morgan fingerprint density at radius 3 is 2.80 bits per heavy atom. The number of hydrogen-bond acceptors (Lipinski definition) is 3. The van der Waals surface area contributed by atoms with Gasteiger partial charge in [0.1, 0.15) is 5.69 Å². The van der Waals surface area contributed by atoms with Crippen LogP contribution in [0.2, 0.25) is 0 Å². The Balaban J connectivity index is 2.84. The van der Waals surface area contributed by atoms with E-state index in [0.29, 0.717) is 12.1 Å².